The summed E-state index contributed by atoms with van der Waals surface area (Å²) in [6.45, 7) is 16.4. The number of nitriles is 2. The third-order valence-corrected chi connectivity index (χ3v) is 10.5. The average Bonchev–Trinajstić information content (AvgIpc) is 3.52. The molecule has 264 valence electrons. The predicted molar refractivity (Wildman–Crippen MR) is 168 cm³/mol. The summed E-state index contributed by atoms with van der Waals surface area (Å²) in [6, 6.07) is 5.03. The van der Waals surface area contributed by atoms with Crippen LogP contribution in [-0.2, 0) is 37.3 Å². The summed E-state index contributed by atoms with van der Waals surface area (Å²) in [5.41, 5.74) is -3.98. The lowest BCUT2D eigenvalue weighted by Crippen LogP contribution is -2.26. The van der Waals surface area contributed by atoms with Gasteiger partial charge in [-0.05, 0) is 81.8 Å². The molecular weight excluding hydrogens is 742 g/mol. The van der Waals surface area contributed by atoms with Crippen molar-refractivity contribution in [2.45, 2.75) is 35.9 Å². The molecule has 0 spiro atoms. The average molecular weight is 759 g/mol. The van der Waals surface area contributed by atoms with Crippen molar-refractivity contribution < 1.29 is 52.3 Å². The monoisotopic (exact) mass is 758 g/mol. The number of ether oxygens (including phenoxy) is 1. The van der Waals surface area contributed by atoms with Gasteiger partial charge in [0.25, 0.3) is 0 Å². The van der Waals surface area contributed by atoms with Gasteiger partial charge in [-0.25, -0.2) is 34.4 Å². The molecule has 0 amide bonds. The molecule has 3 aromatic rings. The Morgan fingerprint density at radius 3 is 1.50 bits per heavy atom. The number of hydrogen-bond donors (Lipinski definition) is 0. The lowest BCUT2D eigenvalue weighted by Gasteiger charge is -2.18. The zero-order chi connectivity index (χ0) is 38.8. The summed E-state index contributed by atoms with van der Waals surface area (Å²) >= 11 is 0. The summed E-state index contributed by atoms with van der Waals surface area (Å²) < 4.78 is 157. The topological polar surface area (TPSA) is 134 Å². The highest BCUT2D eigenvalue weighted by Crippen LogP contribution is 2.42. The SMILES string of the molecule is [C-]#[N+]C([N+]#[C-])=C1Cc2c(-c3cc(F)c(S(C)(=O)=O)c(F)c3)c3c(c(-c4cc(F)c(S(C)(=O)=O)c(F)c4)c2=C1C)CC(=C(C#N)C#N)C=3OC(F)(F)F. The van der Waals surface area contributed by atoms with E-state index >= 15 is 17.6 Å². The van der Waals surface area contributed by atoms with Crippen LogP contribution in [0.15, 0.2) is 56.6 Å². The third kappa shape index (κ3) is 6.17. The maximum atomic E-state index is 15.5. The lowest BCUT2D eigenvalue weighted by atomic mass is 9.86. The molecule has 2 aliphatic rings. The van der Waals surface area contributed by atoms with Gasteiger partial charge in [0.05, 0.1) is 5.57 Å². The van der Waals surface area contributed by atoms with Gasteiger partial charge in [0.15, 0.2) is 19.7 Å². The van der Waals surface area contributed by atoms with Gasteiger partial charge in [0.2, 0.25) is 0 Å². The first-order chi connectivity index (χ1) is 24.1. The summed E-state index contributed by atoms with van der Waals surface area (Å²) in [5, 5.41) is 18.6. The first-order valence-corrected chi connectivity index (χ1v) is 18.0. The van der Waals surface area contributed by atoms with E-state index in [-0.39, 0.29) is 33.1 Å². The number of nitrogens with zero attached hydrogens (tertiary/aromatic N) is 4. The van der Waals surface area contributed by atoms with Gasteiger partial charge < -0.3 is 4.74 Å². The largest absolute Gasteiger partial charge is 0.573 e. The number of sulfone groups is 2. The molecule has 0 aliphatic heterocycles. The summed E-state index contributed by atoms with van der Waals surface area (Å²) in [6.07, 6.45) is -5.84. The third-order valence-electron chi connectivity index (χ3n) is 8.28. The molecule has 18 heteroatoms. The molecule has 0 atom stereocenters. The predicted octanol–water partition coefficient (Wildman–Crippen LogP) is 5.71. The Hall–Kier alpha value is -5.95. The minimum Gasteiger partial charge on any atom is -0.405 e. The van der Waals surface area contributed by atoms with Crippen molar-refractivity contribution in [3.05, 3.63) is 114 Å². The van der Waals surface area contributed by atoms with E-state index in [1.165, 1.54) is 19.1 Å². The second-order valence-electron chi connectivity index (χ2n) is 11.5. The first-order valence-electron chi connectivity index (χ1n) is 14.2. The van der Waals surface area contributed by atoms with E-state index < -0.39 is 117 Å². The molecule has 2 aliphatic carbocycles. The van der Waals surface area contributed by atoms with Gasteiger partial charge in [-0.2, -0.15) is 20.2 Å². The number of hydrogen-bond acceptors (Lipinski definition) is 7. The Kier molecular flexibility index (Phi) is 9.09. The molecule has 0 aromatic heterocycles. The number of halogens is 7. The normalized spacial score (nSPS) is 13.9. The van der Waals surface area contributed by atoms with Crippen LogP contribution in [0.3, 0.4) is 0 Å². The fourth-order valence-corrected chi connectivity index (χ4v) is 8.14. The molecule has 0 N–H and O–H groups in total. The van der Waals surface area contributed by atoms with Crippen molar-refractivity contribution in [1.82, 2.24) is 0 Å². The standard InChI is InChI=1S/C34H17F7N4O5S2/c1-14-18(33(44-2)45-3)10-20-26(14)27(15-6-22(35)31(23(36)7-15)51(4,46)47)21-11-19(17(12-42)13-43)30(50-34(39,40)41)29(21)28(20)16-8-24(37)32(25(38)9-16)52(5,48)49/h6-9H,10-11H2,1,4-5H3. The molecule has 0 heterocycles. The van der Waals surface area contributed by atoms with Crippen LogP contribution in [0.25, 0.3) is 43.3 Å². The van der Waals surface area contributed by atoms with Crippen LogP contribution < -0.4 is 10.4 Å². The fourth-order valence-electron chi connectivity index (χ4n) is 6.49. The van der Waals surface area contributed by atoms with Gasteiger partial charge in [-0.3, -0.25) is 0 Å². The fraction of sp³-hybridized carbons (Fsp3) is 0.176. The van der Waals surface area contributed by atoms with E-state index in [0.29, 0.717) is 36.8 Å². The van der Waals surface area contributed by atoms with E-state index in [1.54, 1.807) is 0 Å². The Morgan fingerprint density at radius 1 is 0.750 bits per heavy atom. The summed E-state index contributed by atoms with van der Waals surface area (Å²) in [4.78, 5) is 3.65. The molecular formula is C34H17F7N4O5S2. The Bertz CT molecular complexity index is 2720. The van der Waals surface area contributed by atoms with Crippen LogP contribution in [-0.4, -0.2) is 35.7 Å². The van der Waals surface area contributed by atoms with E-state index in [1.807, 2.05) is 0 Å². The quantitative estimate of drug-likeness (QED) is 0.185. The van der Waals surface area contributed by atoms with Crippen LogP contribution in [0.1, 0.15) is 18.1 Å². The van der Waals surface area contributed by atoms with Crippen molar-refractivity contribution >= 4 is 31.0 Å². The Morgan fingerprint density at radius 2 is 1.13 bits per heavy atom. The zero-order valence-corrected chi connectivity index (χ0v) is 28.1. The zero-order valence-electron chi connectivity index (χ0n) is 26.5. The second-order valence-corrected chi connectivity index (χ2v) is 15.4. The van der Waals surface area contributed by atoms with E-state index in [4.69, 9.17) is 13.1 Å². The molecule has 5 rings (SSSR count). The summed E-state index contributed by atoms with van der Waals surface area (Å²) in [7, 11) is -9.06. The Balaban J connectivity index is 2.19. The Labute approximate surface area is 290 Å². The highest BCUT2D eigenvalue weighted by Gasteiger charge is 2.41. The molecule has 0 radical (unpaired) electrons. The molecule has 0 fully saturated rings. The number of rotatable bonds is 5. The van der Waals surface area contributed by atoms with Crippen molar-refractivity contribution in [2.75, 3.05) is 12.5 Å². The lowest BCUT2D eigenvalue weighted by molar-refractivity contribution is -0.290. The number of benzene rings is 3. The van der Waals surface area contributed by atoms with Crippen LogP contribution in [0.4, 0.5) is 30.7 Å². The molecule has 0 saturated heterocycles. The minimum absolute atomic E-state index is 0.0441. The van der Waals surface area contributed by atoms with Crippen LogP contribution in [0.5, 0.6) is 0 Å². The van der Waals surface area contributed by atoms with Crippen molar-refractivity contribution in [2.24, 2.45) is 0 Å². The summed E-state index contributed by atoms with van der Waals surface area (Å²) in [5.74, 6) is -8.32. The highest BCUT2D eigenvalue weighted by atomic mass is 32.2. The van der Waals surface area contributed by atoms with Crippen molar-refractivity contribution in [3.8, 4) is 34.4 Å². The number of allylic oxidation sites excluding steroid dienone is 2. The molecule has 3 aromatic carbocycles. The van der Waals surface area contributed by atoms with Gasteiger partial charge in [-0.15, -0.1) is 13.2 Å². The van der Waals surface area contributed by atoms with Crippen LogP contribution in [0.2, 0.25) is 0 Å². The first kappa shape index (κ1) is 37.3. The van der Waals surface area contributed by atoms with Crippen LogP contribution >= 0.6 is 0 Å². The minimum atomic E-state index is -5.55. The van der Waals surface area contributed by atoms with Crippen LogP contribution in [0, 0.1) is 59.1 Å². The van der Waals surface area contributed by atoms with Gasteiger partial charge in [-0.1, -0.05) is 0 Å². The number of alkyl halides is 3. The molecule has 52 heavy (non-hydrogen) atoms. The molecule has 0 unspecified atom stereocenters. The molecule has 0 bridgehead atoms. The van der Waals surface area contributed by atoms with Crippen molar-refractivity contribution in [3.63, 3.8) is 0 Å². The smallest absolute Gasteiger partial charge is 0.405 e. The maximum Gasteiger partial charge on any atom is 0.573 e. The maximum absolute atomic E-state index is 15.5. The molecule has 9 nitrogen and oxygen atoms in total. The van der Waals surface area contributed by atoms with E-state index in [0.717, 1.165) is 0 Å². The van der Waals surface area contributed by atoms with E-state index in [9.17, 15) is 40.5 Å². The number of fused-ring (bicyclic) bond motifs is 2. The van der Waals surface area contributed by atoms with Gasteiger partial charge in [0, 0.05) is 29.7 Å². The van der Waals surface area contributed by atoms with Gasteiger partial charge >= 0.3 is 12.2 Å². The highest BCUT2D eigenvalue weighted by molar-refractivity contribution is 7.91. The van der Waals surface area contributed by atoms with E-state index in [2.05, 4.69) is 14.4 Å². The van der Waals surface area contributed by atoms with Gasteiger partial charge in [0.1, 0.15) is 69.7 Å². The molecule has 0 saturated carbocycles. The second kappa shape index (κ2) is 12.7. The van der Waals surface area contributed by atoms with Crippen molar-refractivity contribution in [1.29, 1.82) is 10.5 Å².